The zero-order valence-electron chi connectivity index (χ0n) is 20.3. The van der Waals surface area contributed by atoms with Crippen LogP contribution in [0, 0.1) is 0 Å². The van der Waals surface area contributed by atoms with Gasteiger partial charge in [-0.2, -0.15) is 0 Å². The summed E-state index contributed by atoms with van der Waals surface area (Å²) in [7, 11) is 3.13. The highest BCUT2D eigenvalue weighted by Crippen LogP contribution is 2.37. The fraction of sp³-hybridized carbons (Fsp3) is 0.172. The molecule has 0 bridgehead atoms. The lowest BCUT2D eigenvalue weighted by molar-refractivity contribution is -0.377. The highest BCUT2D eigenvalue weighted by molar-refractivity contribution is 6.35. The number of rotatable bonds is 7. The molecular formula is C29H25Cl2N2O4+. The van der Waals surface area contributed by atoms with E-state index in [0.717, 1.165) is 27.9 Å². The summed E-state index contributed by atoms with van der Waals surface area (Å²) in [4.78, 5) is 16.3. The predicted octanol–water partition coefficient (Wildman–Crippen LogP) is 6.56. The topological polar surface area (TPSA) is 70.9 Å². The Morgan fingerprint density at radius 1 is 0.946 bits per heavy atom. The molecule has 37 heavy (non-hydrogen) atoms. The Kier molecular flexibility index (Phi) is 7.22. The smallest absolute Gasteiger partial charge is 0.338 e. The van der Waals surface area contributed by atoms with E-state index < -0.39 is 12.1 Å². The lowest BCUT2D eigenvalue weighted by Crippen LogP contribution is -2.16. The maximum Gasteiger partial charge on any atom is 0.338 e. The lowest BCUT2D eigenvalue weighted by Gasteiger charge is -2.23. The SMILES string of the molecule is COc1ccc(C(Cc2c(Cl)c[nH+]cc2Cl)OC(=O)c2ccc3c(c2)CNc2ccccc2-3)cc1OC. The summed E-state index contributed by atoms with van der Waals surface area (Å²) in [6, 6.07) is 19.2. The fourth-order valence-corrected chi connectivity index (χ4v) is 5.06. The third-order valence-corrected chi connectivity index (χ3v) is 7.12. The first kappa shape index (κ1) is 24.9. The van der Waals surface area contributed by atoms with Crippen LogP contribution in [-0.2, 0) is 17.7 Å². The van der Waals surface area contributed by atoms with Crippen LogP contribution in [-0.4, -0.2) is 20.2 Å². The van der Waals surface area contributed by atoms with Gasteiger partial charge in [-0.15, -0.1) is 0 Å². The third-order valence-electron chi connectivity index (χ3n) is 6.44. The summed E-state index contributed by atoms with van der Waals surface area (Å²) < 4.78 is 16.9. The molecule has 0 fully saturated rings. The van der Waals surface area contributed by atoms with Gasteiger partial charge < -0.3 is 19.5 Å². The third kappa shape index (κ3) is 5.08. The van der Waals surface area contributed by atoms with Gasteiger partial charge in [-0.3, -0.25) is 0 Å². The molecule has 0 radical (unpaired) electrons. The molecule has 3 aromatic carbocycles. The highest BCUT2D eigenvalue weighted by atomic mass is 35.5. The summed E-state index contributed by atoms with van der Waals surface area (Å²) in [6.45, 7) is 0.623. The number of hydrogen-bond acceptors (Lipinski definition) is 5. The van der Waals surface area contributed by atoms with Crippen LogP contribution in [0.15, 0.2) is 73.1 Å². The number of para-hydroxylation sites is 1. The molecule has 1 aliphatic rings. The van der Waals surface area contributed by atoms with Crippen molar-refractivity contribution < 1.29 is 24.0 Å². The summed E-state index contributed by atoms with van der Waals surface area (Å²) in [5.41, 5.74) is 6.16. The number of fused-ring (bicyclic) bond motifs is 3. The van der Waals surface area contributed by atoms with Crippen molar-refractivity contribution in [3.05, 3.63) is 105 Å². The van der Waals surface area contributed by atoms with Crippen LogP contribution < -0.4 is 19.8 Å². The molecule has 0 saturated carbocycles. The van der Waals surface area contributed by atoms with Gasteiger partial charge in [0.25, 0.3) is 0 Å². The van der Waals surface area contributed by atoms with Crippen LogP contribution in [0.4, 0.5) is 5.69 Å². The molecule has 5 rings (SSSR count). The lowest BCUT2D eigenvalue weighted by atomic mass is 9.93. The highest BCUT2D eigenvalue weighted by Gasteiger charge is 2.25. The van der Waals surface area contributed by atoms with Crippen molar-refractivity contribution in [2.75, 3.05) is 19.5 Å². The number of aromatic nitrogens is 1. The molecular weight excluding hydrogens is 511 g/mol. The Morgan fingerprint density at radius 3 is 2.46 bits per heavy atom. The molecule has 1 atom stereocenters. The first-order chi connectivity index (χ1) is 18.0. The van der Waals surface area contributed by atoms with Gasteiger partial charge >= 0.3 is 5.97 Å². The number of ether oxygens (including phenoxy) is 3. The summed E-state index contributed by atoms with van der Waals surface area (Å²) >= 11 is 12.9. The van der Waals surface area contributed by atoms with E-state index in [1.54, 1.807) is 44.8 Å². The maximum atomic E-state index is 13.4. The van der Waals surface area contributed by atoms with Gasteiger partial charge in [0.15, 0.2) is 23.9 Å². The van der Waals surface area contributed by atoms with E-state index in [9.17, 15) is 4.79 Å². The van der Waals surface area contributed by atoms with Crippen LogP contribution in [0.25, 0.3) is 11.1 Å². The number of methoxy groups -OCH3 is 2. The zero-order chi connectivity index (χ0) is 25.9. The summed E-state index contributed by atoms with van der Waals surface area (Å²) in [5, 5.41) is 4.31. The molecule has 1 aliphatic heterocycles. The number of anilines is 1. The molecule has 188 valence electrons. The van der Waals surface area contributed by atoms with Crippen LogP contribution in [0.1, 0.15) is 33.2 Å². The largest absolute Gasteiger partial charge is 0.493 e. The molecule has 2 N–H and O–H groups in total. The van der Waals surface area contributed by atoms with Gasteiger partial charge in [-0.1, -0.05) is 53.5 Å². The first-order valence-electron chi connectivity index (χ1n) is 11.7. The standard InChI is InChI=1S/C29H24Cl2N2O4/c1-35-26-10-8-17(12-28(26)36-2)27(13-22-23(30)15-32-16-24(22)31)37-29(34)18-7-9-20-19(11-18)14-33-25-6-4-3-5-21(20)25/h3-12,15-16,27,33H,13-14H2,1-2H3/p+1. The molecule has 8 heteroatoms. The number of carbonyl (C=O) groups is 1. The molecule has 2 heterocycles. The Hall–Kier alpha value is -3.74. The average Bonchev–Trinajstić information content (AvgIpc) is 2.93. The Labute approximate surface area is 225 Å². The van der Waals surface area contributed by atoms with Crippen molar-refractivity contribution >= 4 is 34.9 Å². The molecule has 0 aliphatic carbocycles. The van der Waals surface area contributed by atoms with E-state index >= 15 is 0 Å². The van der Waals surface area contributed by atoms with Gasteiger partial charge in [0.1, 0.15) is 16.1 Å². The quantitative estimate of drug-likeness (QED) is 0.271. The van der Waals surface area contributed by atoms with Gasteiger partial charge in [0, 0.05) is 29.8 Å². The van der Waals surface area contributed by atoms with Crippen molar-refractivity contribution in [2.24, 2.45) is 0 Å². The maximum absolute atomic E-state index is 13.4. The van der Waals surface area contributed by atoms with Crippen LogP contribution >= 0.6 is 23.2 Å². The van der Waals surface area contributed by atoms with Crippen LogP contribution in [0.3, 0.4) is 0 Å². The molecule has 0 amide bonds. The predicted molar refractivity (Wildman–Crippen MR) is 144 cm³/mol. The van der Waals surface area contributed by atoms with E-state index in [-0.39, 0.29) is 6.42 Å². The fourth-order valence-electron chi connectivity index (χ4n) is 4.53. The van der Waals surface area contributed by atoms with E-state index in [2.05, 4.69) is 16.4 Å². The number of aromatic amines is 1. The molecule has 1 aromatic heterocycles. The van der Waals surface area contributed by atoms with E-state index in [1.165, 1.54) is 0 Å². The minimum Gasteiger partial charge on any atom is -0.493 e. The second-order valence-electron chi connectivity index (χ2n) is 8.61. The Bertz CT molecular complexity index is 1450. The second kappa shape index (κ2) is 10.7. The number of esters is 1. The van der Waals surface area contributed by atoms with Gasteiger partial charge in [0.05, 0.1) is 19.8 Å². The molecule has 0 saturated heterocycles. The van der Waals surface area contributed by atoms with Crippen molar-refractivity contribution in [1.82, 2.24) is 0 Å². The van der Waals surface area contributed by atoms with Crippen LogP contribution in [0.5, 0.6) is 11.5 Å². The van der Waals surface area contributed by atoms with Crippen molar-refractivity contribution in [2.45, 2.75) is 19.1 Å². The number of nitrogens with one attached hydrogen (secondary N) is 2. The summed E-state index contributed by atoms with van der Waals surface area (Å²) in [6.07, 6.45) is 2.88. The zero-order valence-corrected chi connectivity index (χ0v) is 21.8. The van der Waals surface area contributed by atoms with E-state index in [4.69, 9.17) is 37.4 Å². The minimum atomic E-state index is -0.681. The Balaban J connectivity index is 1.48. The van der Waals surface area contributed by atoms with Crippen LogP contribution in [0.2, 0.25) is 10.0 Å². The molecule has 0 spiro atoms. The molecule has 6 nitrogen and oxygen atoms in total. The number of benzene rings is 3. The number of hydrogen-bond donors (Lipinski definition) is 1. The van der Waals surface area contributed by atoms with Gasteiger partial charge in [-0.05, 0) is 47.0 Å². The average molecular weight is 536 g/mol. The number of H-pyrrole nitrogens is 1. The Morgan fingerprint density at radius 2 is 1.70 bits per heavy atom. The molecule has 4 aromatic rings. The number of carbonyl (C=O) groups excluding carboxylic acids is 1. The minimum absolute atomic E-state index is 0.271. The summed E-state index contributed by atoms with van der Waals surface area (Å²) in [5.74, 6) is 0.651. The van der Waals surface area contributed by atoms with Crippen molar-refractivity contribution in [3.63, 3.8) is 0 Å². The molecule has 1 unspecified atom stereocenters. The van der Waals surface area contributed by atoms with Crippen molar-refractivity contribution in [1.29, 1.82) is 0 Å². The second-order valence-corrected chi connectivity index (χ2v) is 9.43. The van der Waals surface area contributed by atoms with Crippen molar-refractivity contribution in [3.8, 4) is 22.6 Å². The van der Waals surface area contributed by atoms with Gasteiger partial charge in [-0.25, -0.2) is 9.78 Å². The van der Waals surface area contributed by atoms with E-state index in [0.29, 0.717) is 39.2 Å². The number of pyridine rings is 1. The monoisotopic (exact) mass is 535 g/mol. The number of halogens is 2. The first-order valence-corrected chi connectivity index (χ1v) is 12.5. The normalized spacial score (nSPS) is 12.5. The van der Waals surface area contributed by atoms with E-state index in [1.807, 2.05) is 36.4 Å². The van der Waals surface area contributed by atoms with Gasteiger partial charge in [0.2, 0.25) is 0 Å².